The van der Waals surface area contributed by atoms with Crippen molar-refractivity contribution in [3.8, 4) is 5.75 Å². The van der Waals surface area contributed by atoms with E-state index in [1.165, 1.54) is 3.57 Å². The van der Waals surface area contributed by atoms with Crippen LogP contribution < -0.4 is 4.74 Å². The summed E-state index contributed by atoms with van der Waals surface area (Å²) in [5, 5.41) is 0. The molecule has 0 aromatic heterocycles. The smallest absolute Gasteiger partial charge is 0.341 e. The van der Waals surface area contributed by atoms with Gasteiger partial charge in [0.05, 0.1) is 13.7 Å². The molecule has 0 unspecified atom stereocenters. The second-order valence-corrected chi connectivity index (χ2v) is 6.53. The van der Waals surface area contributed by atoms with Gasteiger partial charge in [0, 0.05) is 13.4 Å². The normalized spacial score (nSPS) is 10.2. The third-order valence-electron chi connectivity index (χ3n) is 2.72. The molecule has 0 bridgehead atoms. The second-order valence-electron chi connectivity index (χ2n) is 4.14. The first-order chi connectivity index (χ1) is 10.1. The van der Waals surface area contributed by atoms with E-state index in [1.807, 2.05) is 6.07 Å². The Kier molecular flexibility index (Phi) is 5.93. The van der Waals surface area contributed by atoms with Crippen molar-refractivity contribution >= 4 is 40.3 Å². The molecule has 0 saturated heterocycles. The van der Waals surface area contributed by atoms with Crippen molar-refractivity contribution < 1.29 is 14.3 Å². The minimum Gasteiger partial charge on any atom is -0.496 e. The van der Waals surface area contributed by atoms with Crippen molar-refractivity contribution in [2.75, 3.05) is 13.7 Å². The Morgan fingerprint density at radius 1 is 1.14 bits per heavy atom. The SMILES string of the molecule is CCOC(=O)c1cc(Sc2ccc(I)cc2)ccc1OC. The molecule has 110 valence electrons. The quantitative estimate of drug-likeness (QED) is 0.528. The van der Waals surface area contributed by atoms with Gasteiger partial charge in [-0.2, -0.15) is 0 Å². The zero-order chi connectivity index (χ0) is 15.2. The lowest BCUT2D eigenvalue weighted by molar-refractivity contribution is 0.0522. The molecular weight excluding hydrogens is 399 g/mol. The molecule has 21 heavy (non-hydrogen) atoms. The van der Waals surface area contributed by atoms with Crippen LogP contribution in [0.15, 0.2) is 52.3 Å². The van der Waals surface area contributed by atoms with Crippen molar-refractivity contribution in [2.24, 2.45) is 0 Å². The van der Waals surface area contributed by atoms with Crippen molar-refractivity contribution in [3.63, 3.8) is 0 Å². The fourth-order valence-corrected chi connectivity index (χ4v) is 2.97. The highest BCUT2D eigenvalue weighted by molar-refractivity contribution is 14.1. The Morgan fingerprint density at radius 2 is 1.81 bits per heavy atom. The van der Waals surface area contributed by atoms with Gasteiger partial charge in [0.2, 0.25) is 0 Å². The number of methoxy groups -OCH3 is 1. The fraction of sp³-hybridized carbons (Fsp3) is 0.188. The topological polar surface area (TPSA) is 35.5 Å². The van der Waals surface area contributed by atoms with Gasteiger partial charge in [0.25, 0.3) is 0 Å². The van der Waals surface area contributed by atoms with Gasteiger partial charge < -0.3 is 9.47 Å². The molecule has 2 rings (SSSR count). The number of hydrogen-bond acceptors (Lipinski definition) is 4. The van der Waals surface area contributed by atoms with E-state index in [9.17, 15) is 4.79 Å². The van der Waals surface area contributed by atoms with Crippen molar-refractivity contribution in [1.82, 2.24) is 0 Å². The van der Waals surface area contributed by atoms with Gasteiger partial charge in [0.1, 0.15) is 11.3 Å². The molecule has 2 aromatic rings. The molecule has 0 heterocycles. The predicted molar refractivity (Wildman–Crippen MR) is 92.2 cm³/mol. The number of ether oxygens (including phenoxy) is 2. The van der Waals surface area contributed by atoms with Crippen LogP contribution in [0.1, 0.15) is 17.3 Å². The van der Waals surface area contributed by atoms with Crippen LogP contribution in [0.4, 0.5) is 0 Å². The molecule has 0 aliphatic carbocycles. The highest BCUT2D eigenvalue weighted by Crippen LogP contribution is 2.32. The van der Waals surface area contributed by atoms with Crippen LogP contribution in [0.3, 0.4) is 0 Å². The first kappa shape index (κ1) is 16.2. The van der Waals surface area contributed by atoms with Crippen molar-refractivity contribution in [1.29, 1.82) is 0 Å². The Balaban J connectivity index is 2.26. The number of rotatable bonds is 5. The molecule has 2 aromatic carbocycles. The van der Waals surface area contributed by atoms with Crippen LogP contribution in [0.25, 0.3) is 0 Å². The zero-order valence-electron chi connectivity index (χ0n) is 11.8. The highest BCUT2D eigenvalue weighted by atomic mass is 127. The van der Waals surface area contributed by atoms with Gasteiger partial charge in [-0.3, -0.25) is 0 Å². The highest BCUT2D eigenvalue weighted by Gasteiger charge is 2.14. The molecule has 0 spiro atoms. The van der Waals surface area contributed by atoms with Gasteiger partial charge in [-0.15, -0.1) is 0 Å². The first-order valence-corrected chi connectivity index (χ1v) is 8.32. The maximum atomic E-state index is 12.0. The Morgan fingerprint density at radius 3 is 2.43 bits per heavy atom. The van der Waals surface area contributed by atoms with Crippen molar-refractivity contribution in [2.45, 2.75) is 16.7 Å². The standard InChI is InChI=1S/C16H15IO3S/c1-3-20-16(18)14-10-13(8-9-15(14)19-2)21-12-6-4-11(17)5-7-12/h4-10H,3H2,1-2H3. The van der Waals surface area contributed by atoms with Gasteiger partial charge in [-0.1, -0.05) is 11.8 Å². The number of carbonyl (C=O) groups is 1. The van der Waals surface area contributed by atoms with Crippen LogP contribution in [0.2, 0.25) is 0 Å². The number of carbonyl (C=O) groups excluding carboxylic acids is 1. The molecule has 0 aliphatic heterocycles. The Hall–Kier alpha value is -1.21. The monoisotopic (exact) mass is 414 g/mol. The van der Waals surface area contributed by atoms with E-state index in [0.717, 1.165) is 9.79 Å². The van der Waals surface area contributed by atoms with E-state index in [4.69, 9.17) is 9.47 Å². The van der Waals surface area contributed by atoms with Crippen LogP contribution in [-0.2, 0) is 4.74 Å². The Bertz CT molecular complexity index is 626. The fourth-order valence-electron chi connectivity index (χ4n) is 1.76. The predicted octanol–water partition coefficient (Wildman–Crippen LogP) is 4.63. The van der Waals surface area contributed by atoms with E-state index < -0.39 is 0 Å². The van der Waals surface area contributed by atoms with Gasteiger partial charge in [-0.25, -0.2) is 4.79 Å². The van der Waals surface area contributed by atoms with Crippen LogP contribution in [-0.4, -0.2) is 19.7 Å². The van der Waals surface area contributed by atoms with Crippen LogP contribution in [0.5, 0.6) is 5.75 Å². The summed E-state index contributed by atoms with van der Waals surface area (Å²) in [6.45, 7) is 2.13. The Labute approximate surface area is 142 Å². The third kappa shape index (κ3) is 4.38. The average Bonchev–Trinajstić information content (AvgIpc) is 2.50. The summed E-state index contributed by atoms with van der Waals surface area (Å²) in [5.41, 5.74) is 0.454. The minimum atomic E-state index is -0.362. The first-order valence-electron chi connectivity index (χ1n) is 6.42. The zero-order valence-corrected chi connectivity index (χ0v) is 14.7. The third-order valence-corrected chi connectivity index (χ3v) is 4.43. The maximum Gasteiger partial charge on any atom is 0.341 e. The summed E-state index contributed by atoms with van der Waals surface area (Å²) >= 11 is 3.87. The maximum absolute atomic E-state index is 12.0. The summed E-state index contributed by atoms with van der Waals surface area (Å²) in [4.78, 5) is 14.1. The lowest BCUT2D eigenvalue weighted by Crippen LogP contribution is -2.06. The summed E-state index contributed by atoms with van der Waals surface area (Å²) < 4.78 is 11.5. The molecule has 0 amide bonds. The summed E-state index contributed by atoms with van der Waals surface area (Å²) in [6, 6.07) is 13.8. The average molecular weight is 414 g/mol. The summed E-state index contributed by atoms with van der Waals surface area (Å²) in [5.74, 6) is 0.167. The molecule has 0 saturated carbocycles. The van der Waals surface area contributed by atoms with Crippen molar-refractivity contribution in [3.05, 3.63) is 51.6 Å². The molecule has 0 N–H and O–H groups in total. The van der Waals surface area contributed by atoms with E-state index in [2.05, 4.69) is 46.9 Å². The molecule has 0 radical (unpaired) electrons. The number of benzene rings is 2. The minimum absolute atomic E-state index is 0.344. The molecule has 0 aliphatic rings. The van der Waals surface area contributed by atoms with Crippen LogP contribution in [0, 0.1) is 3.57 Å². The molecule has 3 nitrogen and oxygen atoms in total. The van der Waals surface area contributed by atoms with E-state index >= 15 is 0 Å². The number of halogens is 1. The molecule has 0 atom stereocenters. The molecule has 5 heteroatoms. The number of hydrogen-bond donors (Lipinski definition) is 0. The van der Waals surface area contributed by atoms with Gasteiger partial charge in [-0.05, 0) is 72.0 Å². The van der Waals surface area contributed by atoms with Gasteiger partial charge >= 0.3 is 5.97 Å². The second kappa shape index (κ2) is 7.70. The largest absolute Gasteiger partial charge is 0.496 e. The summed E-state index contributed by atoms with van der Waals surface area (Å²) in [6.07, 6.45) is 0. The lowest BCUT2D eigenvalue weighted by Gasteiger charge is -2.10. The summed E-state index contributed by atoms with van der Waals surface area (Å²) in [7, 11) is 1.55. The van der Waals surface area contributed by atoms with Crippen LogP contribution >= 0.6 is 34.4 Å². The van der Waals surface area contributed by atoms with Gasteiger partial charge in [0.15, 0.2) is 0 Å². The lowest BCUT2D eigenvalue weighted by atomic mass is 10.2. The van der Waals surface area contributed by atoms with E-state index in [1.54, 1.807) is 37.9 Å². The number of esters is 1. The molecule has 0 fully saturated rings. The molecular formula is C16H15IO3S. The van der Waals surface area contributed by atoms with E-state index in [-0.39, 0.29) is 5.97 Å². The van der Waals surface area contributed by atoms with E-state index in [0.29, 0.717) is 17.9 Å².